The van der Waals surface area contributed by atoms with Crippen LogP contribution in [-0.2, 0) is 0 Å². The highest BCUT2D eigenvalue weighted by molar-refractivity contribution is 6.16. The molecular weight excluding hydrogens is 1190 g/mol. The van der Waals surface area contributed by atoms with Crippen molar-refractivity contribution in [3.05, 3.63) is 352 Å². The molecule has 6 nitrogen and oxygen atoms in total. The monoisotopic (exact) mass is 1250 g/mol. The minimum atomic E-state index is 0.792. The second kappa shape index (κ2) is 22.2. The first-order valence-electron chi connectivity index (χ1n) is 33.5. The first-order valence-corrected chi connectivity index (χ1v) is 33.5. The SMILES string of the molecule is c1ccc(-c2cc(-c3ccccc3)cc(-c3cccc(-c4ccnc5c(-n6c7ccccc7c7cc(-c8ccc9c(c8)c8ccccc8n9-c8ccccc8)ccc76)cc(-n6c7ccccc7c7cc(-c8ccc9c(c8)c8ccccc8n9-c8ccccc8)ccc76)nc45)c3)c2)cc1. The van der Waals surface area contributed by atoms with Gasteiger partial charge in [0.05, 0.1) is 49.8 Å². The van der Waals surface area contributed by atoms with Crippen LogP contribution >= 0.6 is 0 Å². The molecule has 0 N–H and O–H groups in total. The van der Waals surface area contributed by atoms with Crippen LogP contribution in [0.25, 0.3) is 188 Å². The van der Waals surface area contributed by atoms with Crippen LogP contribution in [0.2, 0.25) is 0 Å². The molecule has 0 spiro atoms. The van der Waals surface area contributed by atoms with Gasteiger partial charge in [-0.25, -0.2) is 4.98 Å². The van der Waals surface area contributed by atoms with E-state index in [0.29, 0.717) is 0 Å². The quantitative estimate of drug-likeness (QED) is 0.137. The summed E-state index contributed by atoms with van der Waals surface area (Å²) in [6.07, 6.45) is 1.97. The van der Waals surface area contributed by atoms with Crippen LogP contribution in [0.4, 0.5) is 0 Å². The maximum atomic E-state index is 5.91. The number of para-hydroxylation sites is 6. The van der Waals surface area contributed by atoms with Gasteiger partial charge in [0, 0.05) is 72.3 Å². The smallest absolute Gasteiger partial charge is 0.140 e. The summed E-state index contributed by atoms with van der Waals surface area (Å²) in [6, 6.07) is 126. The fourth-order valence-corrected chi connectivity index (χ4v) is 15.7. The van der Waals surface area contributed by atoms with Crippen LogP contribution in [0.3, 0.4) is 0 Å². The summed E-state index contributed by atoms with van der Waals surface area (Å²) in [5.74, 6) is 0.792. The maximum absolute atomic E-state index is 5.91. The number of fused-ring (bicyclic) bond motifs is 13. The molecule has 0 radical (unpaired) electrons. The highest BCUT2D eigenvalue weighted by Crippen LogP contribution is 2.44. The number of rotatable bonds is 10. The summed E-state index contributed by atoms with van der Waals surface area (Å²) in [6.45, 7) is 0. The standard InChI is InChI=1S/C92H58N6/c1-5-22-59(23-6-1)67-51-68(60-24-7-2-8-25-60)53-69(52-67)61-26-21-27-66(50-61)72-48-49-93-92-89(97-83-38-19-15-34-75(83)79-56-64(42-46-87(79)97)62-40-44-85-77(54-62)73-32-13-17-36-81(73)95(85)70-28-9-3-10-29-70)58-90(94-91(72)92)98-84-39-20-16-35-76(84)80-57-65(43-47-88(80)98)63-41-45-86-78(55-63)74-33-14-18-37-82(74)96(86)71-30-11-4-12-31-71/h1-58H. The Hall–Kier alpha value is -13.2. The summed E-state index contributed by atoms with van der Waals surface area (Å²) in [4.78, 5) is 11.3. The van der Waals surface area contributed by atoms with Crippen molar-refractivity contribution in [2.75, 3.05) is 0 Å². The Morgan fingerprint density at radius 2 is 0.520 bits per heavy atom. The van der Waals surface area contributed by atoms with E-state index in [9.17, 15) is 0 Å². The third-order valence-corrected chi connectivity index (χ3v) is 20.2. The number of aromatic nitrogens is 6. The molecule has 0 aliphatic rings. The largest absolute Gasteiger partial charge is 0.309 e. The summed E-state index contributed by atoms with van der Waals surface area (Å²) in [7, 11) is 0. The van der Waals surface area contributed by atoms with Gasteiger partial charge in [0.25, 0.3) is 0 Å². The molecule has 20 rings (SSSR count). The fourth-order valence-electron chi connectivity index (χ4n) is 15.7. The zero-order valence-electron chi connectivity index (χ0n) is 53.2. The lowest BCUT2D eigenvalue weighted by Crippen LogP contribution is -2.05. The van der Waals surface area contributed by atoms with Crippen molar-refractivity contribution in [3.8, 4) is 89.6 Å². The molecule has 0 atom stereocenters. The minimum absolute atomic E-state index is 0.792. The minimum Gasteiger partial charge on any atom is -0.309 e. The molecule has 456 valence electrons. The van der Waals surface area contributed by atoms with Crippen molar-refractivity contribution in [1.29, 1.82) is 0 Å². The van der Waals surface area contributed by atoms with Gasteiger partial charge in [-0.3, -0.25) is 9.55 Å². The van der Waals surface area contributed by atoms with Gasteiger partial charge in [-0.2, -0.15) is 0 Å². The second-order valence-corrected chi connectivity index (χ2v) is 25.7. The van der Waals surface area contributed by atoms with Crippen LogP contribution in [0.15, 0.2) is 352 Å². The van der Waals surface area contributed by atoms with E-state index in [1.165, 1.54) is 54.7 Å². The molecule has 14 aromatic carbocycles. The van der Waals surface area contributed by atoms with Crippen LogP contribution in [0.5, 0.6) is 0 Å². The van der Waals surface area contributed by atoms with Crippen molar-refractivity contribution in [1.82, 2.24) is 28.2 Å². The van der Waals surface area contributed by atoms with Crippen molar-refractivity contribution in [3.63, 3.8) is 0 Å². The summed E-state index contributed by atoms with van der Waals surface area (Å²) < 4.78 is 9.57. The Morgan fingerprint density at radius 1 is 0.194 bits per heavy atom. The normalized spacial score (nSPS) is 11.9. The Morgan fingerprint density at radius 3 is 0.980 bits per heavy atom. The van der Waals surface area contributed by atoms with E-state index < -0.39 is 0 Å². The number of benzene rings is 14. The van der Waals surface area contributed by atoms with Gasteiger partial charge in [-0.1, -0.05) is 212 Å². The summed E-state index contributed by atoms with van der Waals surface area (Å²) in [5, 5.41) is 9.49. The third-order valence-electron chi connectivity index (χ3n) is 20.2. The Balaban J connectivity index is 0.793. The molecule has 0 saturated carbocycles. The van der Waals surface area contributed by atoms with E-state index in [2.05, 4.69) is 364 Å². The van der Waals surface area contributed by atoms with Gasteiger partial charge in [0.2, 0.25) is 0 Å². The Labute approximate surface area is 564 Å². The van der Waals surface area contributed by atoms with Gasteiger partial charge in [0.15, 0.2) is 0 Å². The van der Waals surface area contributed by atoms with Gasteiger partial charge in [0.1, 0.15) is 16.9 Å². The molecule has 6 aromatic heterocycles. The zero-order chi connectivity index (χ0) is 64.4. The summed E-state index contributed by atoms with van der Waals surface area (Å²) >= 11 is 0. The van der Waals surface area contributed by atoms with Crippen LogP contribution < -0.4 is 0 Å². The number of hydrogen-bond donors (Lipinski definition) is 0. The molecule has 0 saturated heterocycles. The molecule has 0 amide bonds. The summed E-state index contributed by atoms with van der Waals surface area (Å²) in [5.41, 5.74) is 27.4. The number of hydrogen-bond acceptors (Lipinski definition) is 2. The van der Waals surface area contributed by atoms with E-state index in [-0.39, 0.29) is 0 Å². The third kappa shape index (κ3) is 8.82. The van der Waals surface area contributed by atoms with Crippen LogP contribution in [0.1, 0.15) is 0 Å². The lowest BCUT2D eigenvalue weighted by atomic mass is 9.92. The molecule has 0 aliphatic heterocycles. The van der Waals surface area contributed by atoms with Gasteiger partial charge in [-0.05, 0) is 189 Å². The fraction of sp³-hybridized carbons (Fsp3) is 0. The molecular formula is C92H58N6. The number of nitrogens with zero attached hydrogens (tertiary/aromatic N) is 6. The number of pyridine rings is 2. The Kier molecular flexibility index (Phi) is 12.6. The van der Waals surface area contributed by atoms with E-state index in [0.717, 1.165) is 133 Å². The molecule has 98 heavy (non-hydrogen) atoms. The molecule has 20 aromatic rings. The predicted molar refractivity (Wildman–Crippen MR) is 410 cm³/mol. The average molecular weight is 1250 g/mol. The van der Waals surface area contributed by atoms with E-state index >= 15 is 0 Å². The highest BCUT2D eigenvalue weighted by Gasteiger charge is 2.24. The van der Waals surface area contributed by atoms with E-state index in [1.807, 2.05) is 6.20 Å². The lowest BCUT2D eigenvalue weighted by Gasteiger charge is -2.17. The molecule has 0 fully saturated rings. The zero-order valence-corrected chi connectivity index (χ0v) is 53.2. The van der Waals surface area contributed by atoms with Gasteiger partial charge < -0.3 is 13.7 Å². The van der Waals surface area contributed by atoms with Crippen LogP contribution in [0, 0.1) is 0 Å². The van der Waals surface area contributed by atoms with E-state index in [4.69, 9.17) is 9.97 Å². The first-order chi connectivity index (χ1) is 48.6. The molecule has 6 heteroatoms. The molecule has 0 unspecified atom stereocenters. The van der Waals surface area contributed by atoms with Crippen molar-refractivity contribution in [2.24, 2.45) is 0 Å². The highest BCUT2D eigenvalue weighted by atomic mass is 15.1. The maximum Gasteiger partial charge on any atom is 0.140 e. The van der Waals surface area contributed by atoms with Gasteiger partial charge >= 0.3 is 0 Å². The van der Waals surface area contributed by atoms with E-state index in [1.54, 1.807) is 0 Å². The molecule has 0 bridgehead atoms. The topological polar surface area (TPSA) is 45.5 Å². The van der Waals surface area contributed by atoms with Crippen molar-refractivity contribution >= 4 is 98.3 Å². The molecule has 0 aliphatic carbocycles. The van der Waals surface area contributed by atoms with Crippen molar-refractivity contribution in [2.45, 2.75) is 0 Å². The first kappa shape index (κ1) is 55.3. The lowest BCUT2D eigenvalue weighted by molar-refractivity contribution is 1.08. The molecule has 6 heterocycles. The van der Waals surface area contributed by atoms with Crippen LogP contribution in [-0.4, -0.2) is 28.2 Å². The Bertz CT molecular complexity index is 6530. The van der Waals surface area contributed by atoms with Crippen molar-refractivity contribution < 1.29 is 0 Å². The predicted octanol–water partition coefficient (Wildman–Crippen LogP) is 24.0. The van der Waals surface area contributed by atoms with Gasteiger partial charge in [-0.15, -0.1) is 0 Å². The second-order valence-electron chi connectivity index (χ2n) is 25.7. The average Bonchev–Trinajstić information content (AvgIpc) is 1.65.